The molecule has 2 nitrogen and oxygen atoms in total. The second-order valence-corrected chi connectivity index (χ2v) is 4.11. The van der Waals surface area contributed by atoms with Gasteiger partial charge in [-0.2, -0.15) is 26.3 Å². The van der Waals surface area contributed by atoms with Crippen molar-refractivity contribution in [1.29, 1.82) is 0 Å². The average Bonchev–Trinajstić information content (AvgIpc) is 2.37. The van der Waals surface area contributed by atoms with Gasteiger partial charge in [0.25, 0.3) is 0 Å². The number of alkyl halides is 6. The van der Waals surface area contributed by atoms with E-state index in [0.717, 1.165) is 0 Å². The number of nitrogens with zero attached hydrogens (tertiary/aromatic N) is 1. The van der Waals surface area contributed by atoms with Crippen LogP contribution in [-0.4, -0.2) is 50.0 Å². The Labute approximate surface area is 95.0 Å². The maximum absolute atomic E-state index is 12.5. The van der Waals surface area contributed by atoms with Gasteiger partial charge in [0, 0.05) is 32.7 Å². The summed E-state index contributed by atoms with van der Waals surface area (Å²) in [6, 6.07) is 0. The summed E-state index contributed by atoms with van der Waals surface area (Å²) in [4.78, 5) is 1.21. The molecule has 17 heavy (non-hydrogen) atoms. The van der Waals surface area contributed by atoms with Gasteiger partial charge in [0.05, 0.1) is 12.3 Å². The maximum atomic E-state index is 12.5. The first-order valence-electron chi connectivity index (χ1n) is 5.25. The molecule has 1 aliphatic rings. The van der Waals surface area contributed by atoms with Crippen LogP contribution in [0.15, 0.2) is 0 Å². The highest BCUT2D eigenvalue weighted by Crippen LogP contribution is 2.28. The van der Waals surface area contributed by atoms with E-state index in [9.17, 15) is 26.3 Å². The summed E-state index contributed by atoms with van der Waals surface area (Å²) in [5, 5.41) is 2.59. The van der Waals surface area contributed by atoms with Crippen molar-refractivity contribution in [2.24, 2.45) is 5.92 Å². The lowest BCUT2D eigenvalue weighted by Crippen LogP contribution is -2.39. The molecule has 1 rings (SSSR count). The van der Waals surface area contributed by atoms with Crippen LogP contribution in [0.3, 0.4) is 0 Å². The number of halogens is 6. The molecular formula is C9H14F6N2. The van der Waals surface area contributed by atoms with E-state index in [-0.39, 0.29) is 32.7 Å². The number of nitrogens with one attached hydrogen (secondary N) is 1. The zero-order valence-corrected chi connectivity index (χ0v) is 9.03. The molecule has 1 N–H and O–H groups in total. The van der Waals surface area contributed by atoms with E-state index in [1.165, 1.54) is 4.90 Å². The highest BCUT2D eigenvalue weighted by Gasteiger charge is 2.41. The quantitative estimate of drug-likeness (QED) is 0.768. The zero-order chi connectivity index (χ0) is 13.1. The summed E-state index contributed by atoms with van der Waals surface area (Å²) in [6.45, 7) is -0.483. The summed E-state index contributed by atoms with van der Waals surface area (Å²) in [6.07, 6.45) is -9.77. The molecule has 1 aliphatic heterocycles. The fourth-order valence-corrected chi connectivity index (χ4v) is 1.69. The minimum Gasteiger partial charge on any atom is -0.315 e. The lowest BCUT2D eigenvalue weighted by atomic mass is 10.1. The van der Waals surface area contributed by atoms with E-state index >= 15 is 0 Å². The van der Waals surface area contributed by atoms with Gasteiger partial charge in [-0.25, -0.2) is 0 Å². The number of rotatable bonds is 2. The van der Waals surface area contributed by atoms with Crippen molar-refractivity contribution in [3.8, 4) is 0 Å². The molecule has 0 aromatic rings. The van der Waals surface area contributed by atoms with E-state index in [1.807, 2.05) is 0 Å². The molecule has 1 saturated heterocycles. The molecule has 1 atom stereocenters. The van der Waals surface area contributed by atoms with Gasteiger partial charge >= 0.3 is 12.4 Å². The monoisotopic (exact) mass is 264 g/mol. The van der Waals surface area contributed by atoms with Gasteiger partial charge < -0.3 is 10.2 Å². The molecular weight excluding hydrogens is 250 g/mol. The van der Waals surface area contributed by atoms with Gasteiger partial charge in [-0.15, -0.1) is 0 Å². The Morgan fingerprint density at radius 2 is 1.76 bits per heavy atom. The first kappa shape index (κ1) is 14.6. The number of hydrogen-bond donors (Lipinski definition) is 1. The second-order valence-electron chi connectivity index (χ2n) is 4.11. The van der Waals surface area contributed by atoms with Crippen LogP contribution >= 0.6 is 0 Å². The molecule has 0 spiro atoms. The molecule has 0 aromatic heterocycles. The summed E-state index contributed by atoms with van der Waals surface area (Å²) in [5.74, 6) is -1.60. The first-order valence-corrected chi connectivity index (χ1v) is 5.25. The zero-order valence-electron chi connectivity index (χ0n) is 9.03. The average molecular weight is 264 g/mol. The summed E-state index contributed by atoms with van der Waals surface area (Å²) >= 11 is 0. The summed E-state index contributed by atoms with van der Waals surface area (Å²) in [7, 11) is 0. The largest absolute Gasteiger partial charge is 0.394 e. The van der Waals surface area contributed by atoms with E-state index in [2.05, 4.69) is 5.32 Å². The van der Waals surface area contributed by atoms with Gasteiger partial charge in [-0.3, -0.25) is 0 Å². The molecule has 0 aromatic carbocycles. The van der Waals surface area contributed by atoms with Gasteiger partial charge in [-0.05, 0) is 0 Å². The Bertz CT molecular complexity index is 237. The van der Waals surface area contributed by atoms with Gasteiger partial charge in [0.1, 0.15) is 0 Å². The Morgan fingerprint density at radius 1 is 1.12 bits per heavy atom. The Balaban J connectivity index is 2.49. The van der Waals surface area contributed by atoms with Crippen molar-refractivity contribution in [1.82, 2.24) is 10.2 Å². The molecule has 0 amide bonds. The fraction of sp³-hybridized carbons (Fsp3) is 1.00. The smallest absolute Gasteiger partial charge is 0.315 e. The van der Waals surface area contributed by atoms with Crippen molar-refractivity contribution in [2.45, 2.75) is 18.8 Å². The molecule has 1 fully saturated rings. The highest BCUT2D eigenvalue weighted by atomic mass is 19.4. The van der Waals surface area contributed by atoms with E-state index in [4.69, 9.17) is 0 Å². The van der Waals surface area contributed by atoms with Crippen LogP contribution in [0.4, 0.5) is 26.3 Å². The minimum absolute atomic E-state index is 0.211. The molecule has 0 aliphatic carbocycles. The highest BCUT2D eigenvalue weighted by molar-refractivity contribution is 4.79. The SMILES string of the molecule is FC(F)(F)CCN1CCNCC(C(F)(F)F)C1. The van der Waals surface area contributed by atoms with Gasteiger partial charge in [-0.1, -0.05) is 0 Å². The van der Waals surface area contributed by atoms with E-state index < -0.39 is 24.7 Å². The second kappa shape index (κ2) is 5.43. The van der Waals surface area contributed by atoms with E-state index in [1.54, 1.807) is 0 Å². The topological polar surface area (TPSA) is 15.3 Å². The lowest BCUT2D eigenvalue weighted by molar-refractivity contribution is -0.177. The molecule has 1 unspecified atom stereocenters. The maximum Gasteiger partial charge on any atom is 0.394 e. The van der Waals surface area contributed by atoms with Gasteiger partial charge in [0.15, 0.2) is 0 Å². The third kappa shape index (κ3) is 5.58. The van der Waals surface area contributed by atoms with Crippen molar-refractivity contribution < 1.29 is 26.3 Å². The minimum atomic E-state index is -4.37. The van der Waals surface area contributed by atoms with Crippen LogP contribution in [0, 0.1) is 5.92 Å². The molecule has 102 valence electrons. The third-order valence-electron chi connectivity index (χ3n) is 2.65. The first-order chi connectivity index (χ1) is 7.68. The molecule has 0 bridgehead atoms. The molecule has 0 radical (unpaired) electrons. The lowest BCUT2D eigenvalue weighted by Gasteiger charge is -2.25. The van der Waals surface area contributed by atoms with E-state index in [0.29, 0.717) is 0 Å². The predicted molar refractivity (Wildman–Crippen MR) is 49.5 cm³/mol. The third-order valence-corrected chi connectivity index (χ3v) is 2.65. The normalized spacial score (nSPS) is 24.7. The van der Waals surface area contributed by atoms with Crippen molar-refractivity contribution in [2.75, 3.05) is 32.7 Å². The van der Waals surface area contributed by atoms with Crippen LogP contribution in [0.25, 0.3) is 0 Å². The Morgan fingerprint density at radius 3 is 2.29 bits per heavy atom. The molecule has 0 saturated carbocycles. The van der Waals surface area contributed by atoms with Crippen LogP contribution < -0.4 is 5.32 Å². The van der Waals surface area contributed by atoms with Gasteiger partial charge in [0.2, 0.25) is 0 Å². The summed E-state index contributed by atoms with van der Waals surface area (Å²) in [5.41, 5.74) is 0. The van der Waals surface area contributed by atoms with Crippen molar-refractivity contribution >= 4 is 0 Å². The molecule has 8 heteroatoms. The Hall–Kier alpha value is -0.500. The van der Waals surface area contributed by atoms with Crippen molar-refractivity contribution in [3.05, 3.63) is 0 Å². The van der Waals surface area contributed by atoms with Crippen molar-refractivity contribution in [3.63, 3.8) is 0 Å². The van der Waals surface area contributed by atoms with Crippen LogP contribution in [0.5, 0.6) is 0 Å². The standard InChI is InChI=1S/C9H14F6N2/c10-8(11,12)1-3-17-4-2-16-5-7(6-17)9(13,14)15/h7,16H,1-6H2. The Kier molecular flexibility index (Phi) is 4.65. The fourth-order valence-electron chi connectivity index (χ4n) is 1.69. The molecule has 1 heterocycles. The predicted octanol–water partition coefficient (Wildman–Crippen LogP) is 2.02. The van der Waals surface area contributed by atoms with Crippen LogP contribution in [0.2, 0.25) is 0 Å². The summed E-state index contributed by atoms with van der Waals surface area (Å²) < 4.78 is 73.4. The van der Waals surface area contributed by atoms with Crippen LogP contribution in [-0.2, 0) is 0 Å². The number of hydrogen-bond acceptors (Lipinski definition) is 2. The van der Waals surface area contributed by atoms with Crippen LogP contribution in [0.1, 0.15) is 6.42 Å².